The highest BCUT2D eigenvalue weighted by Crippen LogP contribution is 2.25. The lowest BCUT2D eigenvalue weighted by molar-refractivity contribution is 0.152. The van der Waals surface area contributed by atoms with Gasteiger partial charge in [0, 0.05) is 18.0 Å². The molecule has 1 aromatic heterocycles. The molecule has 0 radical (unpaired) electrons. The number of imidazole rings is 1. The van der Waals surface area contributed by atoms with E-state index in [0.29, 0.717) is 12.3 Å². The quantitative estimate of drug-likeness (QED) is 0.848. The van der Waals surface area contributed by atoms with Crippen LogP contribution in [0.15, 0.2) is 43.0 Å². The highest BCUT2D eigenvalue weighted by atomic mass is 16.5. The van der Waals surface area contributed by atoms with Gasteiger partial charge < -0.3 is 14.4 Å². The SMILES string of the molecule is COc1ccccc1C(O)Cn1ccnc1. The predicted octanol–water partition coefficient (Wildman–Crippen LogP) is 1.63. The average Bonchev–Trinajstić information content (AvgIpc) is 2.81. The van der Waals surface area contributed by atoms with Gasteiger partial charge in [-0.1, -0.05) is 18.2 Å². The lowest BCUT2D eigenvalue weighted by Crippen LogP contribution is -2.08. The summed E-state index contributed by atoms with van der Waals surface area (Å²) in [5.41, 5.74) is 0.790. The maximum absolute atomic E-state index is 10.1. The minimum Gasteiger partial charge on any atom is -0.496 e. The highest BCUT2D eigenvalue weighted by molar-refractivity contribution is 5.34. The molecule has 0 saturated heterocycles. The van der Waals surface area contributed by atoms with Crippen molar-refractivity contribution in [1.82, 2.24) is 9.55 Å². The first-order chi connectivity index (χ1) is 7.81. The van der Waals surface area contributed by atoms with E-state index in [2.05, 4.69) is 4.98 Å². The molecule has 0 aliphatic heterocycles. The van der Waals surface area contributed by atoms with Gasteiger partial charge in [0.15, 0.2) is 0 Å². The monoisotopic (exact) mass is 218 g/mol. The van der Waals surface area contributed by atoms with Crippen molar-refractivity contribution in [2.75, 3.05) is 7.11 Å². The van der Waals surface area contributed by atoms with E-state index in [-0.39, 0.29) is 0 Å². The van der Waals surface area contributed by atoms with Crippen molar-refractivity contribution in [1.29, 1.82) is 0 Å². The van der Waals surface area contributed by atoms with Crippen molar-refractivity contribution in [2.45, 2.75) is 12.6 Å². The van der Waals surface area contributed by atoms with Crippen molar-refractivity contribution in [3.63, 3.8) is 0 Å². The lowest BCUT2D eigenvalue weighted by Gasteiger charge is -2.14. The molecule has 0 spiro atoms. The fourth-order valence-electron chi connectivity index (χ4n) is 1.63. The molecule has 2 rings (SSSR count). The predicted molar refractivity (Wildman–Crippen MR) is 60.2 cm³/mol. The summed E-state index contributed by atoms with van der Waals surface area (Å²) in [6, 6.07) is 7.47. The summed E-state index contributed by atoms with van der Waals surface area (Å²) in [6.07, 6.45) is 4.59. The number of ether oxygens (including phenoxy) is 1. The third-order valence-corrected chi connectivity index (χ3v) is 2.44. The summed E-state index contributed by atoms with van der Waals surface area (Å²) < 4.78 is 7.03. The number of para-hydroxylation sites is 1. The summed E-state index contributed by atoms with van der Waals surface area (Å²) in [4.78, 5) is 3.93. The van der Waals surface area contributed by atoms with Gasteiger partial charge in [0.1, 0.15) is 11.9 Å². The van der Waals surface area contributed by atoms with Crippen molar-refractivity contribution >= 4 is 0 Å². The van der Waals surface area contributed by atoms with Crippen LogP contribution in [0, 0.1) is 0 Å². The molecule has 0 bridgehead atoms. The second kappa shape index (κ2) is 4.81. The highest BCUT2D eigenvalue weighted by Gasteiger charge is 2.12. The van der Waals surface area contributed by atoms with E-state index in [1.54, 1.807) is 19.6 Å². The number of aliphatic hydroxyl groups is 1. The van der Waals surface area contributed by atoms with Crippen LogP contribution in [-0.4, -0.2) is 21.8 Å². The zero-order chi connectivity index (χ0) is 11.4. The van der Waals surface area contributed by atoms with Gasteiger partial charge >= 0.3 is 0 Å². The van der Waals surface area contributed by atoms with Gasteiger partial charge in [-0.15, -0.1) is 0 Å². The van der Waals surface area contributed by atoms with E-state index in [4.69, 9.17) is 4.74 Å². The Morgan fingerprint density at radius 1 is 1.44 bits per heavy atom. The molecule has 4 heteroatoms. The van der Waals surface area contributed by atoms with Crippen LogP contribution in [0.1, 0.15) is 11.7 Å². The standard InChI is InChI=1S/C12H14N2O2/c1-16-12-5-3-2-4-10(12)11(15)8-14-7-6-13-9-14/h2-7,9,11,15H,8H2,1H3. The Morgan fingerprint density at radius 2 is 2.25 bits per heavy atom. The maximum Gasteiger partial charge on any atom is 0.124 e. The number of rotatable bonds is 4. The van der Waals surface area contributed by atoms with Gasteiger partial charge in [0.05, 0.1) is 20.0 Å². The van der Waals surface area contributed by atoms with Gasteiger partial charge in [0.2, 0.25) is 0 Å². The molecule has 0 amide bonds. The molecule has 1 unspecified atom stereocenters. The number of hydrogen-bond donors (Lipinski definition) is 1. The largest absolute Gasteiger partial charge is 0.496 e. The zero-order valence-corrected chi connectivity index (χ0v) is 9.08. The summed E-state index contributed by atoms with van der Waals surface area (Å²) in [5, 5.41) is 10.1. The number of benzene rings is 1. The second-order valence-corrected chi connectivity index (χ2v) is 3.52. The number of methoxy groups -OCH3 is 1. The fraction of sp³-hybridized carbons (Fsp3) is 0.250. The molecule has 1 aromatic carbocycles. The number of aromatic nitrogens is 2. The van der Waals surface area contributed by atoms with Crippen LogP contribution >= 0.6 is 0 Å². The fourth-order valence-corrected chi connectivity index (χ4v) is 1.63. The topological polar surface area (TPSA) is 47.3 Å². The smallest absolute Gasteiger partial charge is 0.124 e. The molecule has 84 valence electrons. The molecular weight excluding hydrogens is 204 g/mol. The Bertz CT molecular complexity index is 440. The average molecular weight is 218 g/mol. The van der Waals surface area contributed by atoms with Crippen molar-refractivity contribution in [3.8, 4) is 5.75 Å². The molecule has 1 N–H and O–H groups in total. The number of aliphatic hydroxyl groups excluding tert-OH is 1. The maximum atomic E-state index is 10.1. The van der Waals surface area contributed by atoms with Crippen LogP contribution in [-0.2, 0) is 6.54 Å². The first-order valence-corrected chi connectivity index (χ1v) is 5.08. The van der Waals surface area contributed by atoms with Crippen molar-refractivity contribution in [3.05, 3.63) is 48.5 Å². The Morgan fingerprint density at radius 3 is 2.94 bits per heavy atom. The van der Waals surface area contributed by atoms with Crippen LogP contribution in [0.3, 0.4) is 0 Å². The van der Waals surface area contributed by atoms with E-state index in [9.17, 15) is 5.11 Å². The van der Waals surface area contributed by atoms with Crippen LogP contribution in [0.25, 0.3) is 0 Å². The first-order valence-electron chi connectivity index (χ1n) is 5.08. The van der Waals surface area contributed by atoms with E-state index in [1.807, 2.05) is 35.0 Å². The molecule has 0 saturated carbocycles. The molecule has 4 nitrogen and oxygen atoms in total. The van der Waals surface area contributed by atoms with Crippen molar-refractivity contribution < 1.29 is 9.84 Å². The Kier molecular flexibility index (Phi) is 3.22. The van der Waals surface area contributed by atoms with E-state index < -0.39 is 6.10 Å². The lowest BCUT2D eigenvalue weighted by atomic mass is 10.1. The third kappa shape index (κ3) is 2.23. The van der Waals surface area contributed by atoms with Crippen LogP contribution < -0.4 is 4.74 Å². The molecule has 2 aromatic rings. The van der Waals surface area contributed by atoms with Gasteiger partial charge in [-0.2, -0.15) is 0 Å². The van der Waals surface area contributed by atoms with E-state index >= 15 is 0 Å². The Labute approximate surface area is 94.1 Å². The van der Waals surface area contributed by atoms with Gasteiger partial charge in [-0.05, 0) is 6.07 Å². The second-order valence-electron chi connectivity index (χ2n) is 3.52. The summed E-state index contributed by atoms with van der Waals surface area (Å²) >= 11 is 0. The van der Waals surface area contributed by atoms with Crippen molar-refractivity contribution in [2.24, 2.45) is 0 Å². The molecule has 0 aliphatic rings. The normalized spacial score (nSPS) is 12.4. The number of nitrogens with zero attached hydrogens (tertiary/aromatic N) is 2. The van der Waals surface area contributed by atoms with Gasteiger partial charge in [-0.3, -0.25) is 0 Å². The van der Waals surface area contributed by atoms with Crippen LogP contribution in [0.5, 0.6) is 5.75 Å². The van der Waals surface area contributed by atoms with Gasteiger partial charge in [0.25, 0.3) is 0 Å². The minimum absolute atomic E-state index is 0.473. The zero-order valence-electron chi connectivity index (χ0n) is 9.08. The third-order valence-electron chi connectivity index (χ3n) is 2.44. The molecule has 1 atom stereocenters. The van der Waals surface area contributed by atoms with Gasteiger partial charge in [-0.25, -0.2) is 4.98 Å². The van der Waals surface area contributed by atoms with E-state index in [1.165, 1.54) is 0 Å². The van der Waals surface area contributed by atoms with E-state index in [0.717, 1.165) is 5.56 Å². The summed E-state index contributed by atoms with van der Waals surface area (Å²) in [5.74, 6) is 0.704. The summed E-state index contributed by atoms with van der Waals surface area (Å²) in [7, 11) is 1.60. The molecule has 1 heterocycles. The van der Waals surface area contributed by atoms with Crippen LogP contribution in [0.4, 0.5) is 0 Å². The first kappa shape index (κ1) is 10.7. The number of hydrogen-bond acceptors (Lipinski definition) is 3. The Balaban J connectivity index is 2.17. The minimum atomic E-state index is -0.592. The molecule has 0 fully saturated rings. The molecule has 16 heavy (non-hydrogen) atoms. The summed E-state index contributed by atoms with van der Waals surface area (Å²) in [6.45, 7) is 0.473. The molecular formula is C12H14N2O2. The molecule has 0 aliphatic carbocycles. The Hall–Kier alpha value is -1.81. The van der Waals surface area contributed by atoms with Crippen LogP contribution in [0.2, 0.25) is 0 Å².